The smallest absolute Gasteiger partial charge is 0.462 e. The Hall–Kier alpha value is -1.94. The van der Waals surface area contributed by atoms with Crippen LogP contribution in [0.5, 0.6) is 0 Å². The second kappa shape index (κ2) is 66.9. The lowest BCUT2D eigenvalue weighted by atomic mass is 10.00. The molecule has 0 spiro atoms. The van der Waals surface area contributed by atoms with Gasteiger partial charge in [0, 0.05) is 25.7 Å². The normalized spacial score (nSPS) is 14.3. The molecule has 0 fully saturated rings. The van der Waals surface area contributed by atoms with Gasteiger partial charge in [-0.1, -0.05) is 337 Å². The van der Waals surface area contributed by atoms with Gasteiger partial charge >= 0.3 is 39.5 Å². The maximum atomic E-state index is 13.1. The van der Waals surface area contributed by atoms with E-state index in [2.05, 4.69) is 41.5 Å². The molecular weight excluding hydrogens is 1230 g/mol. The Morgan fingerprint density at radius 3 is 0.809 bits per heavy atom. The summed E-state index contributed by atoms with van der Waals surface area (Å²) in [4.78, 5) is 72.8. The fourth-order valence-corrected chi connectivity index (χ4v) is 13.0. The summed E-state index contributed by atoms with van der Waals surface area (Å²) in [6.07, 6.45) is 54.0. The van der Waals surface area contributed by atoms with Crippen LogP contribution in [0.3, 0.4) is 0 Å². The van der Waals surface area contributed by atoms with E-state index in [1.165, 1.54) is 199 Å². The third-order valence-corrected chi connectivity index (χ3v) is 19.7. The van der Waals surface area contributed by atoms with Crippen LogP contribution in [0.25, 0.3) is 0 Å². The first-order valence-electron chi connectivity index (χ1n) is 39.0. The highest BCUT2D eigenvalue weighted by Gasteiger charge is 2.30. The van der Waals surface area contributed by atoms with E-state index < -0.39 is 97.5 Å². The quantitative estimate of drug-likeness (QED) is 0.0222. The minimum absolute atomic E-state index is 0.107. The average Bonchev–Trinajstić information content (AvgIpc) is 1.56. The molecule has 94 heavy (non-hydrogen) atoms. The average molecular weight is 1380 g/mol. The third kappa shape index (κ3) is 67.3. The van der Waals surface area contributed by atoms with E-state index in [0.29, 0.717) is 25.7 Å². The third-order valence-electron chi connectivity index (χ3n) is 17.8. The molecule has 0 radical (unpaired) electrons. The van der Waals surface area contributed by atoms with Crippen LogP contribution in [0.4, 0.5) is 0 Å². The Balaban J connectivity index is 5.26. The topological polar surface area (TPSA) is 237 Å². The van der Waals surface area contributed by atoms with Crippen molar-refractivity contribution in [1.29, 1.82) is 0 Å². The second-order valence-electron chi connectivity index (χ2n) is 27.8. The Bertz CT molecular complexity index is 1820. The predicted molar refractivity (Wildman–Crippen MR) is 381 cm³/mol. The molecule has 3 unspecified atom stereocenters. The van der Waals surface area contributed by atoms with Crippen molar-refractivity contribution in [3.8, 4) is 0 Å². The van der Waals surface area contributed by atoms with E-state index in [-0.39, 0.29) is 25.7 Å². The summed E-state index contributed by atoms with van der Waals surface area (Å²) in [7, 11) is -9.91. The summed E-state index contributed by atoms with van der Waals surface area (Å²) in [5.74, 6) is -0.613. The van der Waals surface area contributed by atoms with Crippen LogP contribution in [0, 0.1) is 11.8 Å². The van der Waals surface area contributed by atoms with Crippen LogP contribution >= 0.6 is 15.6 Å². The van der Waals surface area contributed by atoms with Crippen molar-refractivity contribution < 1.29 is 80.2 Å². The Kier molecular flexibility index (Phi) is 65.5. The molecule has 0 aromatic carbocycles. The van der Waals surface area contributed by atoms with Gasteiger partial charge in [-0.2, -0.15) is 0 Å². The zero-order valence-electron chi connectivity index (χ0n) is 61.3. The maximum absolute atomic E-state index is 13.1. The molecule has 0 aliphatic rings. The molecule has 19 heteroatoms. The summed E-state index contributed by atoms with van der Waals surface area (Å²) in [6, 6.07) is 0. The van der Waals surface area contributed by atoms with Crippen LogP contribution in [0.15, 0.2) is 0 Å². The van der Waals surface area contributed by atoms with Gasteiger partial charge in [0.25, 0.3) is 0 Å². The fraction of sp³-hybridized carbons (Fsp3) is 0.947. The zero-order chi connectivity index (χ0) is 69.3. The van der Waals surface area contributed by atoms with Gasteiger partial charge < -0.3 is 33.8 Å². The minimum Gasteiger partial charge on any atom is -0.462 e. The first kappa shape index (κ1) is 92.1. The summed E-state index contributed by atoms with van der Waals surface area (Å²) >= 11 is 0. The van der Waals surface area contributed by atoms with Crippen molar-refractivity contribution >= 4 is 39.5 Å². The van der Waals surface area contributed by atoms with E-state index in [1.54, 1.807) is 0 Å². The highest BCUT2D eigenvalue weighted by atomic mass is 31.2. The molecular formula is C75H146O17P2. The van der Waals surface area contributed by atoms with Crippen molar-refractivity contribution in [2.24, 2.45) is 11.8 Å². The number of carbonyl (C=O) groups is 4. The summed E-state index contributed by atoms with van der Waals surface area (Å²) < 4.78 is 68.5. The van der Waals surface area contributed by atoms with Crippen molar-refractivity contribution in [3.63, 3.8) is 0 Å². The number of phosphoric ester groups is 2. The summed E-state index contributed by atoms with van der Waals surface area (Å²) in [5, 5.41) is 10.6. The Morgan fingerprint density at radius 1 is 0.309 bits per heavy atom. The summed E-state index contributed by atoms with van der Waals surface area (Å²) in [5.41, 5.74) is 0. The van der Waals surface area contributed by atoms with Crippen molar-refractivity contribution in [1.82, 2.24) is 0 Å². The van der Waals surface area contributed by atoms with Gasteiger partial charge in [0.1, 0.15) is 19.3 Å². The molecule has 0 saturated heterocycles. The molecule has 0 aromatic heterocycles. The van der Waals surface area contributed by atoms with Gasteiger partial charge in [0.05, 0.1) is 26.4 Å². The first-order chi connectivity index (χ1) is 45.4. The van der Waals surface area contributed by atoms with Gasteiger partial charge in [0.15, 0.2) is 12.2 Å². The largest absolute Gasteiger partial charge is 0.472 e. The number of aliphatic hydroxyl groups excluding tert-OH is 1. The minimum atomic E-state index is -4.96. The number of hydrogen-bond acceptors (Lipinski definition) is 15. The van der Waals surface area contributed by atoms with E-state index in [0.717, 1.165) is 108 Å². The number of rotatable bonds is 74. The van der Waals surface area contributed by atoms with E-state index in [4.69, 9.17) is 37.0 Å². The molecule has 0 aliphatic carbocycles. The molecule has 0 heterocycles. The van der Waals surface area contributed by atoms with Gasteiger partial charge in [0.2, 0.25) is 0 Å². The van der Waals surface area contributed by atoms with E-state index in [1.807, 2.05) is 0 Å². The lowest BCUT2D eigenvalue weighted by molar-refractivity contribution is -0.161. The molecule has 0 amide bonds. The summed E-state index contributed by atoms with van der Waals surface area (Å²) in [6.45, 7) is 9.56. The van der Waals surface area contributed by atoms with Crippen LogP contribution in [0.2, 0.25) is 0 Å². The number of phosphoric acid groups is 2. The Labute approximate surface area is 575 Å². The van der Waals surface area contributed by atoms with E-state index >= 15 is 0 Å². The molecule has 0 saturated carbocycles. The van der Waals surface area contributed by atoms with Crippen LogP contribution in [-0.2, 0) is 65.4 Å². The fourth-order valence-electron chi connectivity index (χ4n) is 11.4. The van der Waals surface area contributed by atoms with Crippen LogP contribution in [-0.4, -0.2) is 96.7 Å². The molecule has 6 atom stereocenters. The molecule has 17 nitrogen and oxygen atoms in total. The molecule has 0 bridgehead atoms. The molecule has 0 aromatic rings. The van der Waals surface area contributed by atoms with E-state index in [9.17, 15) is 43.2 Å². The van der Waals surface area contributed by atoms with Gasteiger partial charge in [-0.15, -0.1) is 0 Å². The number of carbonyl (C=O) groups excluding carboxylic acids is 4. The predicted octanol–water partition coefficient (Wildman–Crippen LogP) is 21.9. The van der Waals surface area contributed by atoms with Crippen molar-refractivity contribution in [2.45, 2.75) is 407 Å². The standard InChI is InChI=1S/C75H146O17P2/c1-7-10-12-14-16-18-20-22-24-25-27-31-36-40-48-54-60-74(79)91-70(63-85-72(77)57-51-45-38-34-32-28-29-33-37-43-49-55-67(4)5)65-89-93(81,82)87-61-69(76)62-88-94(83,84)90-66-71(64-86-73(78)58-52-46-42-41-44-50-56-68(6)9-3)92-75(80)59-53-47-39-35-30-26-23-21-19-17-15-13-11-8-2/h67-71,76H,7-66H2,1-6H3,(H,81,82)(H,83,84)/t68?,69-,70-,71-/m1/s1. The monoisotopic (exact) mass is 1380 g/mol. The molecule has 558 valence electrons. The van der Waals surface area contributed by atoms with Gasteiger partial charge in [-0.3, -0.25) is 37.3 Å². The SMILES string of the molecule is CCCCCCCCCCCCCCCCCCC(=O)O[C@H](COC(=O)CCCCCCCCCCCCCC(C)C)COP(=O)(O)OC[C@@H](O)COP(=O)(O)OC[C@@H](COC(=O)CCCCCCCCC(C)CC)OC(=O)CCCCCCCCCCCCCCCC. The maximum Gasteiger partial charge on any atom is 0.472 e. The van der Waals surface area contributed by atoms with Crippen molar-refractivity contribution in [3.05, 3.63) is 0 Å². The zero-order valence-corrected chi connectivity index (χ0v) is 63.1. The number of unbranched alkanes of at least 4 members (excludes halogenated alkanes) is 43. The lowest BCUT2D eigenvalue weighted by Crippen LogP contribution is -2.30. The Morgan fingerprint density at radius 2 is 0.543 bits per heavy atom. The van der Waals surface area contributed by atoms with Crippen molar-refractivity contribution in [2.75, 3.05) is 39.6 Å². The second-order valence-corrected chi connectivity index (χ2v) is 30.7. The number of hydrogen-bond donors (Lipinski definition) is 3. The van der Waals surface area contributed by atoms with Gasteiger partial charge in [-0.25, -0.2) is 9.13 Å². The number of esters is 4. The first-order valence-corrected chi connectivity index (χ1v) is 42.0. The highest BCUT2D eigenvalue weighted by Crippen LogP contribution is 2.45. The molecule has 0 rings (SSSR count). The van der Waals surface area contributed by atoms with Crippen LogP contribution < -0.4 is 0 Å². The van der Waals surface area contributed by atoms with Gasteiger partial charge in [-0.05, 0) is 37.5 Å². The van der Waals surface area contributed by atoms with Crippen LogP contribution in [0.1, 0.15) is 388 Å². The number of aliphatic hydroxyl groups is 1. The molecule has 0 aliphatic heterocycles. The highest BCUT2D eigenvalue weighted by molar-refractivity contribution is 7.47. The molecule has 3 N–H and O–H groups in total. The number of ether oxygens (including phenoxy) is 4. The lowest BCUT2D eigenvalue weighted by Gasteiger charge is -2.21.